The van der Waals surface area contributed by atoms with Gasteiger partial charge in [-0.2, -0.15) is 0 Å². The van der Waals surface area contributed by atoms with Crippen LogP contribution in [0, 0.1) is 5.41 Å². The Bertz CT molecular complexity index is 1630. The number of carbonyl (C=O) groups excluding carboxylic acids is 2. The normalized spacial score (nSPS) is 15.5. The highest BCUT2D eigenvalue weighted by Gasteiger charge is 2.45. The first-order valence-corrected chi connectivity index (χ1v) is 15.2. The van der Waals surface area contributed by atoms with E-state index in [4.69, 9.17) is 4.74 Å². The fourth-order valence-electron chi connectivity index (χ4n) is 5.43. The van der Waals surface area contributed by atoms with Gasteiger partial charge in [0.15, 0.2) is 0 Å². The molecule has 220 valence electrons. The third-order valence-corrected chi connectivity index (χ3v) is 8.79. The molecule has 42 heavy (non-hydrogen) atoms. The summed E-state index contributed by atoms with van der Waals surface area (Å²) in [5, 5.41) is 6.56. The number of fused-ring (bicyclic) bond motifs is 2. The topological polar surface area (TPSA) is 96.8 Å². The molecule has 4 heterocycles. The molecule has 1 aliphatic rings. The van der Waals surface area contributed by atoms with E-state index >= 15 is 0 Å². The molecular weight excluding hydrogens is 550 g/mol. The fourth-order valence-corrected chi connectivity index (χ4v) is 6.27. The molecule has 10 heteroatoms. The molecule has 0 saturated carbocycles. The standard InChI is InChI=1S/C32H37N5O4S/c1-5-37-26-8-7-24(21-27(26)35(4)30(39)32(2,3)31(37)40)41-19-6-14-34-25(22-9-15-33-16-10-22)12-18-36-17-11-23-13-20-42-28(23)29(36)38/h7-11,13,15-17,20-21,25,34H,5-6,12,14,18-19H2,1-4H3. The number of ether oxygens (including phenoxy) is 1. The Kier molecular flexibility index (Phi) is 8.74. The fraction of sp³-hybridized carbons (Fsp3) is 0.375. The lowest BCUT2D eigenvalue weighted by atomic mass is 9.90. The van der Waals surface area contributed by atoms with Crippen LogP contribution in [0.4, 0.5) is 11.4 Å². The minimum atomic E-state index is -1.15. The average Bonchev–Trinajstić information content (AvgIpc) is 3.48. The Morgan fingerprint density at radius 2 is 1.81 bits per heavy atom. The maximum Gasteiger partial charge on any atom is 0.268 e. The molecule has 0 fully saturated rings. The largest absolute Gasteiger partial charge is 0.493 e. The molecule has 0 aliphatic carbocycles. The van der Waals surface area contributed by atoms with Gasteiger partial charge in [-0.15, -0.1) is 11.3 Å². The van der Waals surface area contributed by atoms with Gasteiger partial charge in [0.1, 0.15) is 11.2 Å². The molecule has 5 rings (SSSR count). The summed E-state index contributed by atoms with van der Waals surface area (Å²) in [6.07, 6.45) is 6.94. The van der Waals surface area contributed by atoms with Crippen molar-refractivity contribution >= 4 is 44.6 Å². The van der Waals surface area contributed by atoms with Crippen molar-refractivity contribution in [2.45, 2.75) is 46.2 Å². The van der Waals surface area contributed by atoms with Crippen molar-refractivity contribution in [2.75, 3.05) is 36.5 Å². The molecule has 0 spiro atoms. The quantitative estimate of drug-likeness (QED) is 0.196. The van der Waals surface area contributed by atoms with Crippen molar-refractivity contribution < 1.29 is 14.3 Å². The van der Waals surface area contributed by atoms with Gasteiger partial charge in [-0.25, -0.2) is 0 Å². The van der Waals surface area contributed by atoms with E-state index in [0.717, 1.165) is 28.5 Å². The summed E-state index contributed by atoms with van der Waals surface area (Å²) >= 11 is 1.48. The zero-order valence-electron chi connectivity index (χ0n) is 24.5. The number of nitrogens with zero attached hydrogens (tertiary/aromatic N) is 4. The summed E-state index contributed by atoms with van der Waals surface area (Å²) < 4.78 is 8.64. The Morgan fingerprint density at radius 3 is 2.57 bits per heavy atom. The van der Waals surface area contributed by atoms with Crippen LogP contribution in [0.15, 0.2) is 71.2 Å². The summed E-state index contributed by atoms with van der Waals surface area (Å²) in [4.78, 5) is 46.5. The molecular formula is C32H37N5O4S. The molecule has 1 aromatic carbocycles. The highest BCUT2D eigenvalue weighted by atomic mass is 32.1. The van der Waals surface area contributed by atoms with Crippen molar-refractivity contribution in [2.24, 2.45) is 5.41 Å². The third kappa shape index (κ3) is 5.82. The summed E-state index contributed by atoms with van der Waals surface area (Å²) in [5.74, 6) is 0.192. The number of hydrogen-bond acceptors (Lipinski definition) is 7. The van der Waals surface area contributed by atoms with Crippen LogP contribution in [0.3, 0.4) is 0 Å². The number of carbonyl (C=O) groups is 2. The first-order valence-electron chi connectivity index (χ1n) is 14.3. The smallest absolute Gasteiger partial charge is 0.268 e. The van der Waals surface area contributed by atoms with Crippen molar-refractivity contribution in [3.05, 3.63) is 82.4 Å². The number of aryl methyl sites for hydroxylation is 1. The highest BCUT2D eigenvalue weighted by molar-refractivity contribution is 7.17. The van der Waals surface area contributed by atoms with Crippen LogP contribution in [0.1, 0.15) is 45.2 Å². The van der Waals surface area contributed by atoms with Crippen molar-refractivity contribution in [1.82, 2.24) is 14.9 Å². The van der Waals surface area contributed by atoms with Gasteiger partial charge in [0.2, 0.25) is 11.8 Å². The second-order valence-corrected chi connectivity index (χ2v) is 11.9. The summed E-state index contributed by atoms with van der Waals surface area (Å²) in [6.45, 7) is 7.51. The lowest BCUT2D eigenvalue weighted by Crippen LogP contribution is -2.47. The van der Waals surface area contributed by atoms with Crippen molar-refractivity contribution in [3.8, 4) is 5.75 Å². The molecule has 2 amide bonds. The molecule has 1 atom stereocenters. The first kappa shape index (κ1) is 29.5. The van der Waals surface area contributed by atoms with Crippen LogP contribution in [-0.4, -0.2) is 48.1 Å². The average molecular weight is 588 g/mol. The Morgan fingerprint density at radius 1 is 1.02 bits per heavy atom. The van der Waals surface area contributed by atoms with Crippen LogP contribution >= 0.6 is 11.3 Å². The molecule has 3 aromatic heterocycles. The molecule has 1 N–H and O–H groups in total. The summed E-state index contributed by atoms with van der Waals surface area (Å²) in [7, 11) is 1.70. The van der Waals surface area contributed by atoms with Crippen LogP contribution < -0.4 is 25.4 Å². The van der Waals surface area contributed by atoms with Crippen LogP contribution in [-0.2, 0) is 16.1 Å². The second-order valence-electron chi connectivity index (χ2n) is 11.0. The Balaban J connectivity index is 1.21. The summed E-state index contributed by atoms with van der Waals surface area (Å²) in [5.41, 5.74) is 1.38. The zero-order chi connectivity index (χ0) is 29.9. The van der Waals surface area contributed by atoms with E-state index < -0.39 is 5.41 Å². The van der Waals surface area contributed by atoms with Crippen LogP contribution in [0.2, 0.25) is 0 Å². The van der Waals surface area contributed by atoms with Gasteiger partial charge in [-0.3, -0.25) is 19.4 Å². The van der Waals surface area contributed by atoms with E-state index in [0.29, 0.717) is 43.4 Å². The van der Waals surface area contributed by atoms with Crippen molar-refractivity contribution in [1.29, 1.82) is 0 Å². The summed E-state index contributed by atoms with van der Waals surface area (Å²) in [6, 6.07) is 13.5. The van der Waals surface area contributed by atoms with E-state index in [-0.39, 0.29) is 23.4 Å². The van der Waals surface area contributed by atoms with E-state index in [9.17, 15) is 14.4 Å². The van der Waals surface area contributed by atoms with E-state index in [1.54, 1.807) is 47.7 Å². The van der Waals surface area contributed by atoms with Gasteiger partial charge in [-0.05, 0) is 92.9 Å². The second kappa shape index (κ2) is 12.5. The lowest BCUT2D eigenvalue weighted by molar-refractivity contribution is -0.137. The first-order chi connectivity index (χ1) is 20.2. The maximum absolute atomic E-state index is 13.1. The number of nitrogens with one attached hydrogen (secondary N) is 1. The predicted octanol–water partition coefficient (Wildman–Crippen LogP) is 5.00. The van der Waals surface area contributed by atoms with Gasteiger partial charge in [0, 0.05) is 50.8 Å². The molecule has 4 aromatic rings. The number of pyridine rings is 2. The van der Waals surface area contributed by atoms with Crippen molar-refractivity contribution in [3.63, 3.8) is 0 Å². The molecule has 9 nitrogen and oxygen atoms in total. The molecule has 0 radical (unpaired) electrons. The van der Waals surface area contributed by atoms with Gasteiger partial charge in [0.25, 0.3) is 5.56 Å². The van der Waals surface area contributed by atoms with E-state index in [1.165, 1.54) is 11.3 Å². The van der Waals surface area contributed by atoms with Gasteiger partial charge >= 0.3 is 0 Å². The van der Waals surface area contributed by atoms with Gasteiger partial charge in [0.05, 0.1) is 22.7 Å². The Hall–Kier alpha value is -4.02. The molecule has 1 aliphatic heterocycles. The number of anilines is 2. The molecule has 1 unspecified atom stereocenters. The predicted molar refractivity (Wildman–Crippen MR) is 167 cm³/mol. The number of rotatable bonds is 11. The number of aromatic nitrogens is 2. The zero-order valence-corrected chi connectivity index (χ0v) is 25.3. The maximum atomic E-state index is 13.1. The van der Waals surface area contributed by atoms with E-state index in [2.05, 4.69) is 10.3 Å². The molecule has 0 saturated heterocycles. The van der Waals surface area contributed by atoms with Crippen LogP contribution in [0.25, 0.3) is 10.1 Å². The van der Waals surface area contributed by atoms with Crippen LogP contribution in [0.5, 0.6) is 5.75 Å². The SMILES string of the molecule is CCN1C(=O)C(C)(C)C(=O)N(C)c2cc(OCCCNC(CCn3ccc4ccsc4c3=O)c3ccncc3)ccc21. The Labute approximate surface area is 249 Å². The number of amides is 2. The van der Waals surface area contributed by atoms with Gasteiger partial charge in [-0.1, -0.05) is 0 Å². The highest BCUT2D eigenvalue weighted by Crippen LogP contribution is 2.40. The lowest BCUT2D eigenvalue weighted by Gasteiger charge is -2.27. The number of thiophene rings is 1. The third-order valence-electron chi connectivity index (χ3n) is 7.87. The van der Waals surface area contributed by atoms with Gasteiger partial charge < -0.3 is 24.4 Å². The number of benzene rings is 1. The minimum absolute atomic E-state index is 0.0482. The molecule has 0 bridgehead atoms. The minimum Gasteiger partial charge on any atom is -0.493 e. The monoisotopic (exact) mass is 587 g/mol. The van der Waals surface area contributed by atoms with E-state index in [1.807, 2.05) is 61.0 Å². The number of hydrogen-bond donors (Lipinski definition) is 1.